The second-order valence-corrected chi connectivity index (χ2v) is 8.19. The van der Waals surface area contributed by atoms with E-state index >= 15 is 0 Å². The molecule has 0 spiro atoms. The van der Waals surface area contributed by atoms with Crippen LogP contribution < -0.4 is 9.47 Å². The van der Waals surface area contributed by atoms with Crippen molar-refractivity contribution >= 4 is 10.8 Å². The number of rotatable bonds is 10. The van der Waals surface area contributed by atoms with Crippen LogP contribution in [0.4, 0.5) is 0 Å². The molecule has 0 bridgehead atoms. The van der Waals surface area contributed by atoms with E-state index in [9.17, 15) is 0 Å². The first-order chi connectivity index (χ1) is 13.7. The molecule has 152 valence electrons. The van der Waals surface area contributed by atoms with Gasteiger partial charge in [-0.25, -0.2) is 0 Å². The van der Waals surface area contributed by atoms with Crippen LogP contribution in [0.3, 0.4) is 0 Å². The molecule has 2 aromatic rings. The Bertz CT molecular complexity index is 730. The normalized spacial score (nSPS) is 19.6. The van der Waals surface area contributed by atoms with Crippen molar-refractivity contribution in [3.05, 3.63) is 36.4 Å². The second kappa shape index (κ2) is 8.30. The van der Waals surface area contributed by atoms with Crippen molar-refractivity contribution < 1.29 is 18.9 Å². The van der Waals surface area contributed by atoms with Crippen molar-refractivity contribution in [2.24, 2.45) is 0 Å². The van der Waals surface area contributed by atoms with Gasteiger partial charge in [0.1, 0.15) is 35.9 Å². The van der Waals surface area contributed by atoms with E-state index in [1.165, 1.54) is 18.2 Å². The maximum absolute atomic E-state index is 6.10. The summed E-state index contributed by atoms with van der Waals surface area (Å²) in [6.07, 6.45) is 6.82. The summed E-state index contributed by atoms with van der Waals surface area (Å²) >= 11 is 0. The lowest BCUT2D eigenvalue weighted by molar-refractivity contribution is -0.118. The highest BCUT2D eigenvalue weighted by molar-refractivity contribution is 5.85. The van der Waals surface area contributed by atoms with E-state index in [1.807, 2.05) is 12.1 Å². The average molecular weight is 385 g/mol. The van der Waals surface area contributed by atoms with Gasteiger partial charge in [-0.05, 0) is 87.4 Å². The molecule has 2 aromatic carbocycles. The van der Waals surface area contributed by atoms with Crippen LogP contribution in [0.5, 0.6) is 11.5 Å². The van der Waals surface area contributed by atoms with E-state index in [2.05, 4.69) is 38.1 Å². The van der Waals surface area contributed by atoms with Crippen molar-refractivity contribution in [1.82, 2.24) is 0 Å². The molecule has 28 heavy (non-hydrogen) atoms. The Hall–Kier alpha value is -1.78. The molecule has 4 rings (SSSR count). The predicted molar refractivity (Wildman–Crippen MR) is 111 cm³/mol. The second-order valence-electron chi connectivity index (χ2n) is 8.19. The molecule has 0 saturated heterocycles. The fourth-order valence-electron chi connectivity index (χ4n) is 4.23. The predicted octanol–water partition coefficient (Wildman–Crippen LogP) is 5.52. The van der Waals surface area contributed by atoms with E-state index in [0.29, 0.717) is 13.2 Å². The van der Waals surface area contributed by atoms with Crippen LogP contribution >= 0.6 is 0 Å². The van der Waals surface area contributed by atoms with Crippen LogP contribution in [0.25, 0.3) is 10.8 Å². The molecule has 0 N–H and O–H groups in total. The summed E-state index contributed by atoms with van der Waals surface area (Å²) in [5.74, 6) is 1.78. The Kier molecular flexibility index (Phi) is 5.79. The minimum atomic E-state index is -0.0783. The Morgan fingerprint density at radius 1 is 0.679 bits per heavy atom. The standard InChI is InChI=1S/C24H32O4/c1-3-27-23(11-5-12-23)17-25-21-9-7-19-8-10-22(16-20(19)15-21)26-18-24(28-4-2)13-6-14-24/h7-10,15-16H,3-6,11-14,17-18H2,1-2H3. The summed E-state index contributed by atoms with van der Waals surface area (Å²) in [6.45, 7) is 6.84. The van der Waals surface area contributed by atoms with Gasteiger partial charge in [0.15, 0.2) is 0 Å². The number of fused-ring (bicyclic) bond motifs is 1. The molecular weight excluding hydrogens is 352 g/mol. The van der Waals surface area contributed by atoms with Gasteiger partial charge in [-0.2, -0.15) is 0 Å². The first kappa shape index (κ1) is 19.5. The lowest BCUT2D eigenvalue weighted by atomic mass is 9.80. The van der Waals surface area contributed by atoms with Gasteiger partial charge < -0.3 is 18.9 Å². The van der Waals surface area contributed by atoms with Crippen molar-refractivity contribution in [1.29, 1.82) is 0 Å². The molecule has 2 aliphatic carbocycles. The fourth-order valence-corrected chi connectivity index (χ4v) is 4.23. The van der Waals surface area contributed by atoms with Crippen LogP contribution in [0.2, 0.25) is 0 Å². The van der Waals surface area contributed by atoms with Crippen molar-refractivity contribution in [3.8, 4) is 11.5 Å². The monoisotopic (exact) mass is 384 g/mol. The van der Waals surface area contributed by atoms with Gasteiger partial charge in [0.25, 0.3) is 0 Å². The summed E-state index contributed by atoms with van der Waals surface area (Å²) in [5, 5.41) is 2.32. The number of hydrogen-bond acceptors (Lipinski definition) is 4. The molecule has 0 heterocycles. The van der Waals surface area contributed by atoms with Crippen LogP contribution in [-0.2, 0) is 9.47 Å². The molecule has 0 aliphatic heterocycles. The Morgan fingerprint density at radius 2 is 1.14 bits per heavy atom. The maximum Gasteiger partial charge on any atom is 0.120 e. The Balaban J connectivity index is 1.42. The SMILES string of the molecule is CCOC1(COc2ccc3ccc(OCC4(OCC)CCC4)cc3c2)CCC1. The molecule has 0 unspecified atom stereocenters. The van der Waals surface area contributed by atoms with Crippen molar-refractivity contribution in [3.63, 3.8) is 0 Å². The van der Waals surface area contributed by atoms with E-state index in [4.69, 9.17) is 18.9 Å². The maximum atomic E-state index is 6.10. The van der Waals surface area contributed by atoms with Gasteiger partial charge in [0.05, 0.1) is 0 Å². The zero-order valence-electron chi connectivity index (χ0n) is 17.2. The molecule has 0 aromatic heterocycles. The third-order valence-corrected chi connectivity index (χ3v) is 6.22. The number of benzene rings is 2. The molecule has 0 radical (unpaired) electrons. The lowest BCUT2D eigenvalue weighted by Gasteiger charge is -2.41. The van der Waals surface area contributed by atoms with E-state index in [-0.39, 0.29) is 11.2 Å². The Morgan fingerprint density at radius 3 is 1.50 bits per heavy atom. The third kappa shape index (κ3) is 4.13. The minimum absolute atomic E-state index is 0.0783. The van der Waals surface area contributed by atoms with Crippen LogP contribution in [-0.4, -0.2) is 37.6 Å². The highest BCUT2D eigenvalue weighted by atomic mass is 16.5. The zero-order valence-corrected chi connectivity index (χ0v) is 17.2. The van der Waals surface area contributed by atoms with Crippen LogP contribution in [0, 0.1) is 0 Å². The molecule has 2 fully saturated rings. The summed E-state index contributed by atoms with van der Waals surface area (Å²) in [7, 11) is 0. The minimum Gasteiger partial charge on any atom is -0.491 e. The summed E-state index contributed by atoms with van der Waals surface area (Å²) in [6, 6.07) is 12.5. The van der Waals surface area contributed by atoms with Crippen molar-refractivity contribution in [2.45, 2.75) is 63.6 Å². The highest BCUT2D eigenvalue weighted by Crippen LogP contribution is 2.37. The molecule has 4 heteroatoms. The van der Waals surface area contributed by atoms with Gasteiger partial charge in [-0.15, -0.1) is 0 Å². The van der Waals surface area contributed by atoms with E-state index in [1.54, 1.807) is 0 Å². The van der Waals surface area contributed by atoms with Gasteiger partial charge in [0, 0.05) is 13.2 Å². The topological polar surface area (TPSA) is 36.9 Å². The molecular formula is C24H32O4. The highest BCUT2D eigenvalue weighted by Gasteiger charge is 2.39. The number of hydrogen-bond donors (Lipinski definition) is 0. The van der Waals surface area contributed by atoms with Gasteiger partial charge in [0.2, 0.25) is 0 Å². The summed E-state index contributed by atoms with van der Waals surface area (Å²) < 4.78 is 24.1. The fraction of sp³-hybridized carbons (Fsp3) is 0.583. The first-order valence-electron chi connectivity index (χ1n) is 10.7. The van der Waals surface area contributed by atoms with Crippen molar-refractivity contribution in [2.75, 3.05) is 26.4 Å². The molecule has 0 atom stereocenters. The van der Waals surface area contributed by atoms with Gasteiger partial charge in [-0.1, -0.05) is 12.1 Å². The molecule has 2 aliphatic rings. The van der Waals surface area contributed by atoms with Crippen LogP contribution in [0.1, 0.15) is 52.4 Å². The van der Waals surface area contributed by atoms with Gasteiger partial charge >= 0.3 is 0 Å². The quantitative estimate of drug-likeness (QED) is 0.541. The largest absolute Gasteiger partial charge is 0.491 e. The Labute approximate surface area is 168 Å². The molecule has 4 nitrogen and oxygen atoms in total. The zero-order chi connectivity index (χ0) is 19.5. The lowest BCUT2D eigenvalue weighted by Crippen LogP contribution is -2.45. The number of ether oxygens (including phenoxy) is 4. The average Bonchev–Trinajstić information content (AvgIpc) is 2.65. The van der Waals surface area contributed by atoms with E-state index in [0.717, 1.165) is 55.8 Å². The first-order valence-corrected chi connectivity index (χ1v) is 10.7. The van der Waals surface area contributed by atoms with Crippen LogP contribution in [0.15, 0.2) is 36.4 Å². The molecule has 0 amide bonds. The van der Waals surface area contributed by atoms with Gasteiger partial charge in [-0.3, -0.25) is 0 Å². The third-order valence-electron chi connectivity index (χ3n) is 6.22. The summed E-state index contributed by atoms with van der Waals surface area (Å²) in [5.41, 5.74) is -0.157. The van der Waals surface area contributed by atoms with E-state index < -0.39 is 0 Å². The summed E-state index contributed by atoms with van der Waals surface area (Å²) in [4.78, 5) is 0. The smallest absolute Gasteiger partial charge is 0.120 e. The molecule has 2 saturated carbocycles.